The summed E-state index contributed by atoms with van der Waals surface area (Å²) < 4.78 is 1.84. The van der Waals surface area contributed by atoms with Crippen molar-refractivity contribution in [1.29, 1.82) is 0 Å². The first kappa shape index (κ1) is 12.8. The van der Waals surface area contributed by atoms with E-state index in [0.717, 1.165) is 28.6 Å². The van der Waals surface area contributed by atoms with Gasteiger partial charge in [0.1, 0.15) is 0 Å². The van der Waals surface area contributed by atoms with Crippen molar-refractivity contribution in [2.75, 3.05) is 0 Å². The van der Waals surface area contributed by atoms with Gasteiger partial charge in [-0.25, -0.2) is 0 Å². The Morgan fingerprint density at radius 1 is 1.20 bits per heavy atom. The third-order valence-corrected chi connectivity index (χ3v) is 3.61. The Morgan fingerprint density at radius 2 is 2.10 bits per heavy atom. The number of fused-ring (bicyclic) bond motifs is 1. The summed E-state index contributed by atoms with van der Waals surface area (Å²) in [5, 5.41) is 15.5. The van der Waals surface area contributed by atoms with Gasteiger partial charge in [0.15, 0.2) is 0 Å². The lowest BCUT2D eigenvalue weighted by molar-refractivity contribution is 0.167. The number of pyridine rings is 1. The average molecular weight is 267 g/mol. The molecule has 2 aromatic heterocycles. The molecule has 20 heavy (non-hydrogen) atoms. The molecule has 2 heterocycles. The molecule has 4 nitrogen and oxygen atoms in total. The zero-order chi connectivity index (χ0) is 13.9. The van der Waals surface area contributed by atoms with Crippen LogP contribution in [0.5, 0.6) is 0 Å². The second kappa shape index (κ2) is 5.43. The highest BCUT2D eigenvalue weighted by Gasteiger charge is 2.10. The first-order valence-corrected chi connectivity index (χ1v) is 6.73. The molecule has 4 heteroatoms. The second-order valence-electron chi connectivity index (χ2n) is 4.96. The van der Waals surface area contributed by atoms with Crippen LogP contribution in [-0.4, -0.2) is 19.9 Å². The minimum atomic E-state index is -0.463. The number of rotatable bonds is 4. The molecule has 3 aromatic rings. The molecule has 0 saturated heterocycles. The maximum absolute atomic E-state index is 10.3. The second-order valence-corrected chi connectivity index (χ2v) is 4.96. The molecule has 0 amide bonds. The van der Waals surface area contributed by atoms with Gasteiger partial charge in [-0.15, -0.1) is 0 Å². The number of hydrogen-bond acceptors (Lipinski definition) is 3. The molecular weight excluding hydrogens is 250 g/mol. The summed E-state index contributed by atoms with van der Waals surface area (Å²) in [6.07, 6.45) is 4.59. The Balaban J connectivity index is 1.75. The number of aliphatic hydroxyl groups is 1. The van der Waals surface area contributed by atoms with Crippen LogP contribution in [0.15, 0.2) is 48.8 Å². The number of aliphatic hydroxyl groups excluding tert-OH is 1. The van der Waals surface area contributed by atoms with Crippen LogP contribution in [0.1, 0.15) is 23.8 Å². The van der Waals surface area contributed by atoms with Gasteiger partial charge in [-0.05, 0) is 42.7 Å². The van der Waals surface area contributed by atoms with E-state index in [2.05, 4.69) is 10.1 Å². The highest BCUT2D eigenvalue weighted by atomic mass is 16.3. The van der Waals surface area contributed by atoms with E-state index in [-0.39, 0.29) is 0 Å². The predicted octanol–water partition coefficient (Wildman–Crippen LogP) is 2.63. The lowest BCUT2D eigenvalue weighted by Crippen LogP contribution is -2.03. The van der Waals surface area contributed by atoms with Crippen LogP contribution >= 0.6 is 0 Å². The van der Waals surface area contributed by atoms with Crippen molar-refractivity contribution in [3.63, 3.8) is 0 Å². The van der Waals surface area contributed by atoms with Crippen LogP contribution in [0.2, 0.25) is 0 Å². The standard InChI is InChI=1S/C16H17N3O/c1-19-14(8-10-18-19)5-7-16(20)13-4-6-15-12(11-13)3-2-9-17-15/h2-4,6,8-11,16,20H,5,7H2,1H3. The first-order valence-electron chi connectivity index (χ1n) is 6.73. The van der Waals surface area contributed by atoms with E-state index < -0.39 is 6.10 Å². The molecule has 102 valence electrons. The van der Waals surface area contributed by atoms with Gasteiger partial charge in [0.25, 0.3) is 0 Å². The molecule has 0 aliphatic rings. The Morgan fingerprint density at radius 3 is 2.90 bits per heavy atom. The van der Waals surface area contributed by atoms with E-state index >= 15 is 0 Å². The molecule has 0 bridgehead atoms. The largest absolute Gasteiger partial charge is 0.388 e. The van der Waals surface area contributed by atoms with E-state index in [9.17, 15) is 5.11 Å². The van der Waals surface area contributed by atoms with Crippen LogP contribution < -0.4 is 0 Å². The molecule has 0 radical (unpaired) electrons. The van der Waals surface area contributed by atoms with Gasteiger partial charge in [-0.1, -0.05) is 12.1 Å². The summed E-state index contributed by atoms with van der Waals surface area (Å²) in [4.78, 5) is 4.29. The Kier molecular flexibility index (Phi) is 3.48. The SMILES string of the molecule is Cn1nccc1CCC(O)c1ccc2ncccc2c1. The van der Waals surface area contributed by atoms with Crippen molar-refractivity contribution in [3.8, 4) is 0 Å². The fourth-order valence-corrected chi connectivity index (χ4v) is 2.40. The average Bonchev–Trinajstić information content (AvgIpc) is 2.89. The van der Waals surface area contributed by atoms with Crippen LogP contribution in [0.4, 0.5) is 0 Å². The zero-order valence-corrected chi connectivity index (χ0v) is 11.4. The van der Waals surface area contributed by atoms with Gasteiger partial charge in [-0.3, -0.25) is 9.67 Å². The zero-order valence-electron chi connectivity index (χ0n) is 11.4. The van der Waals surface area contributed by atoms with Crippen molar-refractivity contribution >= 4 is 10.9 Å². The van der Waals surface area contributed by atoms with Crippen molar-refractivity contribution in [2.24, 2.45) is 7.05 Å². The summed E-state index contributed by atoms with van der Waals surface area (Å²) in [7, 11) is 1.92. The quantitative estimate of drug-likeness (QED) is 0.790. The molecule has 1 unspecified atom stereocenters. The van der Waals surface area contributed by atoms with E-state index in [1.165, 1.54) is 0 Å². The lowest BCUT2D eigenvalue weighted by atomic mass is 10.0. The van der Waals surface area contributed by atoms with Crippen LogP contribution in [0, 0.1) is 0 Å². The van der Waals surface area contributed by atoms with Crippen molar-refractivity contribution in [1.82, 2.24) is 14.8 Å². The summed E-state index contributed by atoms with van der Waals surface area (Å²) in [5.41, 5.74) is 3.02. The molecule has 1 aromatic carbocycles. The molecule has 0 aliphatic heterocycles. The molecule has 1 N–H and O–H groups in total. The Bertz CT molecular complexity index is 720. The summed E-state index contributed by atoms with van der Waals surface area (Å²) in [5.74, 6) is 0. The minimum absolute atomic E-state index is 0.463. The summed E-state index contributed by atoms with van der Waals surface area (Å²) in [6, 6.07) is 11.8. The molecule has 0 saturated carbocycles. The summed E-state index contributed by atoms with van der Waals surface area (Å²) >= 11 is 0. The molecule has 0 spiro atoms. The lowest BCUT2D eigenvalue weighted by Gasteiger charge is -2.11. The van der Waals surface area contributed by atoms with Crippen LogP contribution in [-0.2, 0) is 13.5 Å². The molecule has 1 atom stereocenters. The number of aryl methyl sites for hydroxylation is 2. The highest BCUT2D eigenvalue weighted by molar-refractivity contribution is 5.78. The maximum atomic E-state index is 10.3. The number of aromatic nitrogens is 3. The fraction of sp³-hybridized carbons (Fsp3) is 0.250. The molecule has 0 fully saturated rings. The van der Waals surface area contributed by atoms with Crippen molar-refractivity contribution in [3.05, 3.63) is 60.0 Å². The van der Waals surface area contributed by atoms with E-state index in [4.69, 9.17) is 0 Å². The molecule has 0 aliphatic carbocycles. The summed E-state index contributed by atoms with van der Waals surface area (Å²) in [6.45, 7) is 0. The topological polar surface area (TPSA) is 50.9 Å². The van der Waals surface area contributed by atoms with Gasteiger partial charge in [0.05, 0.1) is 11.6 Å². The predicted molar refractivity (Wildman–Crippen MR) is 78.2 cm³/mol. The van der Waals surface area contributed by atoms with Gasteiger partial charge in [0.2, 0.25) is 0 Å². The third kappa shape index (κ3) is 2.56. The third-order valence-electron chi connectivity index (χ3n) is 3.61. The Labute approximate surface area is 117 Å². The van der Waals surface area contributed by atoms with E-state index in [0.29, 0.717) is 6.42 Å². The van der Waals surface area contributed by atoms with Crippen LogP contribution in [0.3, 0.4) is 0 Å². The van der Waals surface area contributed by atoms with Gasteiger partial charge in [-0.2, -0.15) is 5.10 Å². The minimum Gasteiger partial charge on any atom is -0.388 e. The number of nitrogens with zero attached hydrogens (tertiary/aromatic N) is 3. The maximum Gasteiger partial charge on any atom is 0.0794 e. The van der Waals surface area contributed by atoms with Crippen molar-refractivity contribution < 1.29 is 5.11 Å². The van der Waals surface area contributed by atoms with Gasteiger partial charge < -0.3 is 5.11 Å². The molecule has 3 rings (SSSR count). The first-order chi connectivity index (χ1) is 9.74. The van der Waals surface area contributed by atoms with Crippen molar-refractivity contribution in [2.45, 2.75) is 18.9 Å². The van der Waals surface area contributed by atoms with Gasteiger partial charge >= 0.3 is 0 Å². The fourth-order valence-electron chi connectivity index (χ4n) is 2.40. The monoisotopic (exact) mass is 267 g/mol. The smallest absolute Gasteiger partial charge is 0.0794 e. The van der Waals surface area contributed by atoms with Gasteiger partial charge in [0, 0.05) is 30.5 Å². The number of hydrogen-bond donors (Lipinski definition) is 1. The normalized spacial score (nSPS) is 12.7. The van der Waals surface area contributed by atoms with Crippen LogP contribution in [0.25, 0.3) is 10.9 Å². The number of benzene rings is 1. The van der Waals surface area contributed by atoms with E-state index in [1.54, 1.807) is 12.4 Å². The molecular formula is C16H17N3O. The Hall–Kier alpha value is -2.20. The highest BCUT2D eigenvalue weighted by Crippen LogP contribution is 2.22. The van der Waals surface area contributed by atoms with E-state index in [1.807, 2.05) is 48.1 Å².